The summed E-state index contributed by atoms with van der Waals surface area (Å²) < 4.78 is 1.92. The molecule has 0 aliphatic heterocycles. The van der Waals surface area contributed by atoms with E-state index in [0.29, 0.717) is 17.5 Å². The number of fused-ring (bicyclic) bond motifs is 1. The molecule has 0 saturated carbocycles. The van der Waals surface area contributed by atoms with Gasteiger partial charge in [0, 0.05) is 36.3 Å². The molecule has 1 amide bonds. The normalized spacial score (nSPS) is 11.0. The fourth-order valence-electron chi connectivity index (χ4n) is 2.91. The third-order valence-corrected chi connectivity index (χ3v) is 5.35. The van der Waals surface area contributed by atoms with Crippen molar-refractivity contribution in [2.75, 3.05) is 5.75 Å². The molecule has 6 nitrogen and oxygen atoms in total. The van der Waals surface area contributed by atoms with Crippen LogP contribution in [0, 0.1) is 0 Å². The first-order valence-electron chi connectivity index (χ1n) is 8.61. The second-order valence-electron chi connectivity index (χ2n) is 6.16. The van der Waals surface area contributed by atoms with E-state index < -0.39 is 0 Å². The van der Waals surface area contributed by atoms with Crippen LogP contribution in [-0.4, -0.2) is 31.4 Å². The smallest absolute Gasteiger partial charge is 0.230 e. The first-order chi connectivity index (χ1) is 13.2. The fraction of sp³-hybridized carbons (Fsp3) is 0.150. The van der Waals surface area contributed by atoms with E-state index in [9.17, 15) is 4.79 Å². The van der Waals surface area contributed by atoms with Gasteiger partial charge in [-0.25, -0.2) is 0 Å². The largest absolute Gasteiger partial charge is 0.360 e. The molecule has 4 aromatic rings. The average molecular weight is 377 g/mol. The Bertz CT molecular complexity index is 1070. The minimum absolute atomic E-state index is 0.0273. The number of carbonyl (C=O) groups is 1. The highest BCUT2D eigenvalue weighted by Crippen LogP contribution is 2.28. The van der Waals surface area contributed by atoms with Crippen LogP contribution < -0.4 is 5.32 Å². The lowest BCUT2D eigenvalue weighted by atomic mass is 10.1. The van der Waals surface area contributed by atoms with Crippen molar-refractivity contribution >= 4 is 28.6 Å². The molecule has 0 aliphatic rings. The number of hydrogen-bond donors (Lipinski definition) is 2. The number of carbonyl (C=O) groups excluding carboxylic acids is 1. The summed E-state index contributed by atoms with van der Waals surface area (Å²) in [6, 6.07) is 17.9. The Labute approximate surface area is 161 Å². The monoisotopic (exact) mass is 377 g/mol. The topological polar surface area (TPSA) is 75.6 Å². The molecule has 4 rings (SSSR count). The molecule has 2 aromatic heterocycles. The van der Waals surface area contributed by atoms with Gasteiger partial charge in [0.05, 0.1) is 5.75 Å². The number of benzene rings is 2. The summed E-state index contributed by atoms with van der Waals surface area (Å²) >= 11 is 1.38. The van der Waals surface area contributed by atoms with E-state index >= 15 is 0 Å². The Morgan fingerprint density at radius 1 is 1.11 bits per heavy atom. The second kappa shape index (κ2) is 7.67. The molecule has 27 heavy (non-hydrogen) atoms. The fourth-order valence-corrected chi connectivity index (χ4v) is 3.65. The first-order valence-corrected chi connectivity index (χ1v) is 9.60. The number of thioether (sulfide) groups is 1. The highest BCUT2D eigenvalue weighted by atomic mass is 32.2. The molecule has 0 unspecified atom stereocenters. The Morgan fingerprint density at radius 3 is 2.74 bits per heavy atom. The van der Waals surface area contributed by atoms with Crippen molar-refractivity contribution in [3.05, 3.63) is 66.4 Å². The quantitative estimate of drug-likeness (QED) is 0.505. The molecule has 0 bridgehead atoms. The van der Waals surface area contributed by atoms with Gasteiger partial charge >= 0.3 is 0 Å². The number of rotatable bonds is 6. The maximum Gasteiger partial charge on any atom is 0.230 e. The zero-order valence-electron chi connectivity index (χ0n) is 14.8. The number of hydrogen-bond acceptors (Lipinski definition) is 4. The van der Waals surface area contributed by atoms with Crippen molar-refractivity contribution in [3.63, 3.8) is 0 Å². The Balaban J connectivity index is 1.41. The lowest BCUT2D eigenvalue weighted by Crippen LogP contribution is -2.24. The van der Waals surface area contributed by atoms with Gasteiger partial charge in [0.2, 0.25) is 5.91 Å². The van der Waals surface area contributed by atoms with Crippen molar-refractivity contribution in [1.29, 1.82) is 0 Å². The number of para-hydroxylation sites is 1. The molecule has 0 aliphatic carbocycles. The van der Waals surface area contributed by atoms with Crippen molar-refractivity contribution in [2.45, 2.75) is 11.7 Å². The van der Waals surface area contributed by atoms with Crippen LogP contribution in [0.4, 0.5) is 0 Å². The van der Waals surface area contributed by atoms with Crippen LogP contribution in [0.3, 0.4) is 0 Å². The van der Waals surface area contributed by atoms with E-state index in [-0.39, 0.29) is 5.91 Å². The lowest BCUT2D eigenvalue weighted by Gasteiger charge is -2.05. The molecule has 0 spiro atoms. The third kappa shape index (κ3) is 3.73. The van der Waals surface area contributed by atoms with E-state index in [4.69, 9.17) is 0 Å². The van der Waals surface area contributed by atoms with E-state index in [2.05, 4.69) is 26.6 Å². The molecule has 0 saturated heterocycles. The summed E-state index contributed by atoms with van der Waals surface area (Å²) in [4.78, 5) is 15.4. The minimum atomic E-state index is -0.0273. The van der Waals surface area contributed by atoms with Crippen LogP contribution in [0.1, 0.15) is 5.56 Å². The van der Waals surface area contributed by atoms with Gasteiger partial charge in [0.15, 0.2) is 11.0 Å². The van der Waals surface area contributed by atoms with Crippen LogP contribution >= 0.6 is 11.8 Å². The molecule has 2 N–H and O–H groups in total. The van der Waals surface area contributed by atoms with Gasteiger partial charge in [0.25, 0.3) is 0 Å². The maximum atomic E-state index is 12.1. The molecule has 0 fully saturated rings. The number of aromatic nitrogens is 4. The minimum Gasteiger partial charge on any atom is -0.360 e. The SMILES string of the molecule is Cn1c(SCC(=O)NCc2ccccc2)nnc1-c1c[nH]c2ccccc12. The van der Waals surface area contributed by atoms with Crippen LogP contribution in [0.5, 0.6) is 0 Å². The van der Waals surface area contributed by atoms with Gasteiger partial charge in [-0.05, 0) is 11.6 Å². The number of nitrogens with zero attached hydrogens (tertiary/aromatic N) is 3. The zero-order chi connectivity index (χ0) is 18.6. The van der Waals surface area contributed by atoms with Crippen molar-refractivity contribution in [2.24, 2.45) is 7.05 Å². The predicted octanol–water partition coefficient (Wildman–Crippen LogP) is 3.37. The molecule has 2 heterocycles. The van der Waals surface area contributed by atoms with Crippen LogP contribution in [0.25, 0.3) is 22.3 Å². The summed E-state index contributed by atoms with van der Waals surface area (Å²) in [6.07, 6.45) is 1.94. The number of amides is 1. The van der Waals surface area contributed by atoms with Gasteiger partial charge in [-0.2, -0.15) is 0 Å². The molecule has 0 atom stereocenters. The third-order valence-electron chi connectivity index (χ3n) is 4.33. The molecular weight excluding hydrogens is 358 g/mol. The van der Waals surface area contributed by atoms with Gasteiger partial charge in [-0.3, -0.25) is 4.79 Å². The summed E-state index contributed by atoms with van der Waals surface area (Å²) in [5.74, 6) is 1.05. The number of H-pyrrole nitrogens is 1. The summed E-state index contributed by atoms with van der Waals surface area (Å²) in [7, 11) is 1.92. The van der Waals surface area contributed by atoms with E-state index in [1.54, 1.807) is 0 Å². The van der Waals surface area contributed by atoms with Crippen molar-refractivity contribution in [1.82, 2.24) is 25.1 Å². The lowest BCUT2D eigenvalue weighted by molar-refractivity contribution is -0.118. The first kappa shape index (κ1) is 17.4. The zero-order valence-corrected chi connectivity index (χ0v) is 15.7. The summed E-state index contributed by atoms with van der Waals surface area (Å²) in [5.41, 5.74) is 3.14. The van der Waals surface area contributed by atoms with E-state index in [1.165, 1.54) is 11.8 Å². The Kier molecular flexibility index (Phi) is 4.93. The Morgan fingerprint density at radius 2 is 1.89 bits per heavy atom. The highest BCUT2D eigenvalue weighted by Gasteiger charge is 2.15. The molecule has 2 aromatic carbocycles. The summed E-state index contributed by atoms with van der Waals surface area (Å²) in [5, 5.41) is 13.3. The molecule has 7 heteroatoms. The molecule has 136 valence electrons. The Hall–Kier alpha value is -3.06. The standard InChI is InChI=1S/C20H19N5OS/c1-25-19(16-12-21-17-10-6-5-9-15(16)17)23-24-20(25)27-13-18(26)22-11-14-7-3-2-4-8-14/h2-10,12,21H,11,13H2,1H3,(H,22,26). The van der Waals surface area contributed by atoms with Crippen molar-refractivity contribution < 1.29 is 4.79 Å². The second-order valence-corrected chi connectivity index (χ2v) is 7.11. The van der Waals surface area contributed by atoms with Crippen LogP contribution in [0.15, 0.2) is 66.0 Å². The van der Waals surface area contributed by atoms with Crippen LogP contribution in [-0.2, 0) is 18.4 Å². The molecule has 0 radical (unpaired) electrons. The van der Waals surface area contributed by atoms with Gasteiger partial charge < -0.3 is 14.9 Å². The predicted molar refractivity (Wildman–Crippen MR) is 107 cm³/mol. The van der Waals surface area contributed by atoms with E-state index in [0.717, 1.165) is 27.9 Å². The maximum absolute atomic E-state index is 12.1. The van der Waals surface area contributed by atoms with E-state index in [1.807, 2.05) is 66.3 Å². The number of nitrogens with one attached hydrogen (secondary N) is 2. The number of aromatic amines is 1. The van der Waals surface area contributed by atoms with Crippen LogP contribution in [0.2, 0.25) is 0 Å². The highest BCUT2D eigenvalue weighted by molar-refractivity contribution is 7.99. The summed E-state index contributed by atoms with van der Waals surface area (Å²) in [6.45, 7) is 0.527. The van der Waals surface area contributed by atoms with Gasteiger partial charge in [0.1, 0.15) is 0 Å². The van der Waals surface area contributed by atoms with Crippen molar-refractivity contribution in [3.8, 4) is 11.4 Å². The van der Waals surface area contributed by atoms with Gasteiger partial charge in [-0.1, -0.05) is 60.3 Å². The van der Waals surface area contributed by atoms with Gasteiger partial charge in [-0.15, -0.1) is 10.2 Å². The molecular formula is C20H19N5OS. The average Bonchev–Trinajstić information content (AvgIpc) is 3.29.